The van der Waals surface area contributed by atoms with Crippen molar-refractivity contribution in [1.29, 1.82) is 0 Å². The van der Waals surface area contributed by atoms with Gasteiger partial charge in [0.1, 0.15) is 11.2 Å². The minimum Gasteiger partial charge on any atom is -0.456 e. The van der Waals surface area contributed by atoms with Crippen LogP contribution in [0.3, 0.4) is 0 Å². The molecular formula is C51H31N3O. The van der Waals surface area contributed by atoms with E-state index in [1.807, 2.05) is 60.7 Å². The zero-order valence-corrected chi connectivity index (χ0v) is 29.6. The van der Waals surface area contributed by atoms with E-state index in [-0.39, 0.29) is 0 Å². The third kappa shape index (κ3) is 5.26. The summed E-state index contributed by atoms with van der Waals surface area (Å²) in [6.45, 7) is 0. The van der Waals surface area contributed by atoms with Gasteiger partial charge in [-0.15, -0.1) is 0 Å². The van der Waals surface area contributed by atoms with E-state index < -0.39 is 0 Å². The average molecular weight is 702 g/mol. The number of benzene rings is 9. The molecule has 0 aliphatic rings. The molecule has 4 nitrogen and oxygen atoms in total. The Kier molecular flexibility index (Phi) is 7.14. The Labute approximate surface area is 317 Å². The molecule has 0 atom stereocenters. The molecule has 11 aromatic rings. The van der Waals surface area contributed by atoms with Gasteiger partial charge in [-0.1, -0.05) is 158 Å². The lowest BCUT2D eigenvalue weighted by Gasteiger charge is -2.17. The zero-order chi connectivity index (χ0) is 36.3. The van der Waals surface area contributed by atoms with Crippen molar-refractivity contribution >= 4 is 54.3 Å². The maximum Gasteiger partial charge on any atom is 0.164 e. The summed E-state index contributed by atoms with van der Waals surface area (Å²) in [6.07, 6.45) is 0. The fourth-order valence-corrected chi connectivity index (χ4v) is 8.07. The van der Waals surface area contributed by atoms with Gasteiger partial charge in [0.05, 0.1) is 0 Å². The molecule has 0 N–H and O–H groups in total. The first-order valence-electron chi connectivity index (χ1n) is 18.5. The largest absolute Gasteiger partial charge is 0.456 e. The highest BCUT2D eigenvalue weighted by molar-refractivity contribution is 6.21. The van der Waals surface area contributed by atoms with E-state index in [1.165, 1.54) is 16.2 Å². The quantitative estimate of drug-likeness (QED) is 0.179. The van der Waals surface area contributed by atoms with E-state index in [1.54, 1.807) is 0 Å². The topological polar surface area (TPSA) is 51.8 Å². The van der Waals surface area contributed by atoms with Crippen LogP contribution >= 0.6 is 0 Å². The van der Waals surface area contributed by atoms with Gasteiger partial charge in [-0.2, -0.15) is 0 Å². The van der Waals surface area contributed by atoms with Crippen molar-refractivity contribution in [3.8, 4) is 56.4 Å². The maximum atomic E-state index is 6.67. The SMILES string of the molecule is c1ccc(-c2nc(-c3ccccc3)nc(-c3ccc(-c4c(-c5ccc6ccccc6c5)ccc5oc6cc7ccccc7cc6c45)c4ccccc34)n2)cc1. The normalized spacial score (nSPS) is 11.6. The van der Waals surface area contributed by atoms with Gasteiger partial charge in [0.2, 0.25) is 0 Å². The van der Waals surface area contributed by atoms with Crippen LogP contribution in [0.5, 0.6) is 0 Å². The van der Waals surface area contributed by atoms with E-state index >= 15 is 0 Å². The van der Waals surface area contributed by atoms with Crippen molar-refractivity contribution in [2.24, 2.45) is 0 Å². The molecule has 9 aromatic carbocycles. The molecule has 0 saturated heterocycles. The van der Waals surface area contributed by atoms with Gasteiger partial charge in [0, 0.05) is 33.0 Å². The fourth-order valence-electron chi connectivity index (χ4n) is 8.07. The summed E-state index contributed by atoms with van der Waals surface area (Å²) in [5.41, 5.74) is 9.10. The number of hydrogen-bond donors (Lipinski definition) is 0. The molecule has 2 heterocycles. The Morgan fingerprint density at radius 2 is 0.836 bits per heavy atom. The van der Waals surface area contributed by atoms with Crippen molar-refractivity contribution in [3.05, 3.63) is 188 Å². The Bertz CT molecular complexity index is 3200. The second-order valence-corrected chi connectivity index (χ2v) is 14.0. The summed E-state index contributed by atoms with van der Waals surface area (Å²) in [4.78, 5) is 15.2. The molecule has 55 heavy (non-hydrogen) atoms. The Morgan fingerprint density at radius 1 is 0.309 bits per heavy atom. The van der Waals surface area contributed by atoms with Crippen molar-refractivity contribution in [3.63, 3.8) is 0 Å². The second-order valence-electron chi connectivity index (χ2n) is 14.0. The van der Waals surface area contributed by atoms with E-state index in [0.29, 0.717) is 17.5 Å². The fraction of sp³-hybridized carbons (Fsp3) is 0. The van der Waals surface area contributed by atoms with Crippen LogP contribution in [-0.4, -0.2) is 15.0 Å². The molecule has 0 aliphatic carbocycles. The Hall–Kier alpha value is -7.43. The number of furan rings is 1. The third-order valence-corrected chi connectivity index (χ3v) is 10.7. The van der Waals surface area contributed by atoms with Gasteiger partial charge in [0.15, 0.2) is 17.5 Å². The van der Waals surface area contributed by atoms with Crippen molar-refractivity contribution in [2.75, 3.05) is 0 Å². The predicted octanol–water partition coefficient (Wildman–Crippen LogP) is 13.6. The molecule has 0 aliphatic heterocycles. The van der Waals surface area contributed by atoms with Gasteiger partial charge in [-0.25, -0.2) is 15.0 Å². The summed E-state index contributed by atoms with van der Waals surface area (Å²) >= 11 is 0. The average Bonchev–Trinajstić information content (AvgIpc) is 3.62. The first-order chi connectivity index (χ1) is 27.2. The van der Waals surface area contributed by atoms with Crippen molar-refractivity contribution in [2.45, 2.75) is 0 Å². The highest BCUT2D eigenvalue weighted by Crippen LogP contribution is 2.47. The summed E-state index contributed by atoms with van der Waals surface area (Å²) in [7, 11) is 0. The van der Waals surface area contributed by atoms with Crippen molar-refractivity contribution in [1.82, 2.24) is 15.0 Å². The first-order valence-corrected chi connectivity index (χ1v) is 18.5. The number of rotatable bonds is 5. The van der Waals surface area contributed by atoms with E-state index in [0.717, 1.165) is 77.0 Å². The highest BCUT2D eigenvalue weighted by Gasteiger charge is 2.22. The molecule has 0 fully saturated rings. The minimum absolute atomic E-state index is 0.628. The number of fused-ring (bicyclic) bond motifs is 6. The smallest absolute Gasteiger partial charge is 0.164 e. The van der Waals surface area contributed by atoms with Gasteiger partial charge >= 0.3 is 0 Å². The lowest BCUT2D eigenvalue weighted by molar-refractivity contribution is 0.669. The highest BCUT2D eigenvalue weighted by atomic mass is 16.3. The van der Waals surface area contributed by atoms with Crippen LogP contribution < -0.4 is 0 Å². The van der Waals surface area contributed by atoms with E-state index in [9.17, 15) is 0 Å². The van der Waals surface area contributed by atoms with E-state index in [4.69, 9.17) is 19.4 Å². The minimum atomic E-state index is 0.628. The summed E-state index contributed by atoms with van der Waals surface area (Å²) in [5, 5.41) is 9.11. The Morgan fingerprint density at radius 3 is 1.53 bits per heavy atom. The molecule has 0 amide bonds. The van der Waals surface area contributed by atoms with Crippen LogP contribution in [0.15, 0.2) is 192 Å². The number of nitrogens with zero attached hydrogens (tertiary/aromatic N) is 3. The van der Waals surface area contributed by atoms with Gasteiger partial charge in [-0.05, 0) is 79.3 Å². The van der Waals surface area contributed by atoms with E-state index in [2.05, 4.69) is 127 Å². The molecule has 0 unspecified atom stereocenters. The third-order valence-electron chi connectivity index (χ3n) is 10.7. The van der Waals surface area contributed by atoms with Crippen LogP contribution in [-0.2, 0) is 0 Å². The molecule has 4 heteroatoms. The van der Waals surface area contributed by atoms with Crippen LogP contribution in [0.1, 0.15) is 0 Å². The van der Waals surface area contributed by atoms with Gasteiger partial charge in [-0.3, -0.25) is 0 Å². The standard InChI is InChI=1S/C51H31N3O/c1-3-14-33(15-4-1)49-52-50(34-16-5-2-6-17-34)54-51(53-49)43-26-25-42(40-21-11-12-22-41(40)43)47-39(38-24-23-32-13-7-8-18-35(32)29-38)27-28-45-48(47)44-30-36-19-9-10-20-37(36)31-46(44)55-45/h1-31H. The number of hydrogen-bond acceptors (Lipinski definition) is 4. The van der Waals surface area contributed by atoms with Crippen LogP contribution in [0, 0.1) is 0 Å². The molecular weight excluding hydrogens is 671 g/mol. The monoisotopic (exact) mass is 701 g/mol. The molecule has 0 saturated carbocycles. The molecule has 0 radical (unpaired) electrons. The molecule has 0 spiro atoms. The number of aromatic nitrogens is 3. The van der Waals surface area contributed by atoms with Crippen LogP contribution in [0.2, 0.25) is 0 Å². The maximum absolute atomic E-state index is 6.67. The molecule has 11 rings (SSSR count). The summed E-state index contributed by atoms with van der Waals surface area (Å²) in [5.74, 6) is 1.90. The van der Waals surface area contributed by atoms with Gasteiger partial charge < -0.3 is 4.42 Å². The molecule has 0 bridgehead atoms. The predicted molar refractivity (Wildman–Crippen MR) is 227 cm³/mol. The first kappa shape index (κ1) is 31.1. The summed E-state index contributed by atoms with van der Waals surface area (Å²) < 4.78 is 6.67. The molecule has 256 valence electrons. The van der Waals surface area contributed by atoms with Crippen LogP contribution in [0.4, 0.5) is 0 Å². The lowest BCUT2D eigenvalue weighted by atomic mass is 9.86. The van der Waals surface area contributed by atoms with Crippen molar-refractivity contribution < 1.29 is 4.42 Å². The zero-order valence-electron chi connectivity index (χ0n) is 29.6. The van der Waals surface area contributed by atoms with Gasteiger partial charge in [0.25, 0.3) is 0 Å². The summed E-state index contributed by atoms with van der Waals surface area (Å²) in [6, 6.07) is 65.9. The Balaban J connectivity index is 1.20. The lowest BCUT2D eigenvalue weighted by Crippen LogP contribution is -2.00. The second kappa shape index (κ2) is 12.6. The van der Waals surface area contributed by atoms with Crippen LogP contribution in [0.25, 0.3) is 111 Å². The molecule has 2 aromatic heterocycles.